The van der Waals surface area contributed by atoms with Crippen LogP contribution >= 0.6 is 0 Å². The average molecular weight is 208 g/mol. The molecule has 1 aliphatic rings. The summed E-state index contributed by atoms with van der Waals surface area (Å²) in [6.45, 7) is -0.738. The van der Waals surface area contributed by atoms with E-state index in [4.69, 9.17) is 15.3 Å². The highest BCUT2D eigenvalue weighted by Gasteiger charge is 2.47. The van der Waals surface area contributed by atoms with Gasteiger partial charge >= 0.3 is 5.97 Å². The van der Waals surface area contributed by atoms with Crippen molar-refractivity contribution < 1.29 is 35.1 Å². The Labute approximate surface area is 79.2 Å². The number of carbonyl (C=O) groups excluding carboxylic acids is 1. The Hall–Kier alpha value is -0.730. The molecule has 1 heterocycles. The van der Waals surface area contributed by atoms with Gasteiger partial charge in [0.1, 0.15) is 18.3 Å². The molecule has 7 nitrogen and oxygen atoms in total. The van der Waals surface area contributed by atoms with Crippen LogP contribution in [0.25, 0.3) is 0 Å². The minimum Gasteiger partial charge on any atom is -0.455 e. The molecule has 0 amide bonds. The van der Waals surface area contributed by atoms with Crippen molar-refractivity contribution in [2.24, 2.45) is 0 Å². The number of carbonyl (C=O) groups is 1. The van der Waals surface area contributed by atoms with E-state index in [-0.39, 0.29) is 0 Å². The number of ether oxygens (including phenoxy) is 1. The quantitative estimate of drug-likeness (QED) is 0.302. The van der Waals surface area contributed by atoms with Gasteiger partial charge in [-0.05, 0) is 0 Å². The van der Waals surface area contributed by atoms with Gasteiger partial charge in [-0.25, -0.2) is 4.79 Å². The second-order valence-corrected chi connectivity index (χ2v) is 3.08. The van der Waals surface area contributed by atoms with Crippen molar-refractivity contribution in [1.82, 2.24) is 0 Å². The van der Waals surface area contributed by atoms with Gasteiger partial charge in [0.25, 0.3) is 0 Å². The Balaban J connectivity index is 2.66. The van der Waals surface area contributed by atoms with Crippen LogP contribution in [0.15, 0.2) is 0 Å². The molecule has 82 valence electrons. The van der Waals surface area contributed by atoms with E-state index in [1.807, 2.05) is 0 Å². The molecule has 0 aromatic heterocycles. The van der Waals surface area contributed by atoms with Gasteiger partial charge in [-0.15, -0.1) is 0 Å². The lowest BCUT2D eigenvalue weighted by molar-refractivity contribution is -0.155. The zero-order valence-electron chi connectivity index (χ0n) is 7.15. The Kier molecular flexibility index (Phi) is 3.40. The average Bonchev–Trinajstić information content (AvgIpc) is 2.43. The molecule has 7 heteroatoms. The zero-order chi connectivity index (χ0) is 10.9. The summed E-state index contributed by atoms with van der Waals surface area (Å²) in [7, 11) is 0. The molecule has 1 saturated heterocycles. The molecule has 14 heavy (non-hydrogen) atoms. The summed E-state index contributed by atoms with van der Waals surface area (Å²) in [5, 5.41) is 44.9. The zero-order valence-corrected chi connectivity index (χ0v) is 7.15. The lowest BCUT2D eigenvalue weighted by Crippen LogP contribution is -2.46. The molecule has 0 radical (unpaired) electrons. The van der Waals surface area contributed by atoms with Crippen LogP contribution in [0.5, 0.6) is 0 Å². The third-order valence-corrected chi connectivity index (χ3v) is 2.07. The fourth-order valence-corrected chi connectivity index (χ4v) is 1.19. The maximum absolute atomic E-state index is 10.7. The number of cyclic esters (lactones) is 1. The van der Waals surface area contributed by atoms with E-state index < -0.39 is 43.1 Å². The van der Waals surface area contributed by atoms with Gasteiger partial charge in [-0.1, -0.05) is 0 Å². The van der Waals surface area contributed by atoms with Crippen molar-refractivity contribution in [2.45, 2.75) is 30.5 Å². The van der Waals surface area contributed by atoms with Crippen LogP contribution in [0.3, 0.4) is 0 Å². The summed E-state index contributed by atoms with van der Waals surface area (Å²) in [4.78, 5) is 10.7. The van der Waals surface area contributed by atoms with Crippen molar-refractivity contribution >= 4 is 5.97 Å². The van der Waals surface area contributed by atoms with Gasteiger partial charge in [0.15, 0.2) is 12.2 Å². The van der Waals surface area contributed by atoms with Crippen LogP contribution < -0.4 is 0 Å². The fraction of sp³-hybridized carbons (Fsp3) is 0.857. The van der Waals surface area contributed by atoms with Gasteiger partial charge in [0, 0.05) is 0 Å². The van der Waals surface area contributed by atoms with Crippen LogP contribution in [0.1, 0.15) is 0 Å². The molecule has 0 aromatic carbocycles. The summed E-state index contributed by atoms with van der Waals surface area (Å²) >= 11 is 0. The molecule has 1 fully saturated rings. The Bertz CT molecular complexity index is 218. The summed E-state index contributed by atoms with van der Waals surface area (Å²) in [5.74, 6) is -1.06. The number of rotatable bonds is 3. The minimum absolute atomic E-state index is 0.738. The van der Waals surface area contributed by atoms with Gasteiger partial charge < -0.3 is 30.3 Å². The van der Waals surface area contributed by atoms with Gasteiger partial charge in [-0.3, -0.25) is 0 Å². The minimum atomic E-state index is -1.72. The van der Waals surface area contributed by atoms with E-state index in [9.17, 15) is 15.0 Å². The Morgan fingerprint density at radius 1 is 1.36 bits per heavy atom. The van der Waals surface area contributed by atoms with Crippen molar-refractivity contribution in [3.8, 4) is 0 Å². The molecule has 0 aromatic rings. The van der Waals surface area contributed by atoms with E-state index in [2.05, 4.69) is 4.74 Å². The first-order chi connectivity index (χ1) is 6.49. The molecule has 0 spiro atoms. The first-order valence-corrected chi connectivity index (χ1v) is 4.02. The molecule has 5 atom stereocenters. The fourth-order valence-electron chi connectivity index (χ4n) is 1.19. The highest BCUT2D eigenvalue weighted by atomic mass is 16.6. The van der Waals surface area contributed by atoms with Gasteiger partial charge in [0.05, 0.1) is 6.61 Å². The molecule has 2 unspecified atom stereocenters. The number of esters is 1. The van der Waals surface area contributed by atoms with E-state index in [1.54, 1.807) is 0 Å². The van der Waals surface area contributed by atoms with Gasteiger partial charge in [0.2, 0.25) is 0 Å². The number of aliphatic hydroxyl groups excluding tert-OH is 5. The van der Waals surface area contributed by atoms with Crippen LogP contribution in [0.4, 0.5) is 0 Å². The number of aliphatic hydroxyl groups is 5. The van der Waals surface area contributed by atoms with Crippen LogP contribution in [-0.4, -0.2) is 68.6 Å². The van der Waals surface area contributed by atoms with Gasteiger partial charge in [-0.2, -0.15) is 0 Å². The number of hydrogen-bond donors (Lipinski definition) is 5. The topological polar surface area (TPSA) is 127 Å². The first kappa shape index (κ1) is 11.3. The first-order valence-electron chi connectivity index (χ1n) is 4.02. The molecule has 1 rings (SSSR count). The normalized spacial score (nSPS) is 36.6. The maximum Gasteiger partial charge on any atom is 0.338 e. The SMILES string of the molecule is O=C1O[C@@H](C(O)C(O)CO)[C@@H](O)[C@H]1O. The lowest BCUT2D eigenvalue weighted by atomic mass is 10.0. The predicted octanol–water partition coefficient (Wildman–Crippen LogP) is -3.65. The van der Waals surface area contributed by atoms with Crippen LogP contribution in [0.2, 0.25) is 0 Å². The number of hydrogen-bond acceptors (Lipinski definition) is 7. The summed E-state index contributed by atoms with van der Waals surface area (Å²) in [5.41, 5.74) is 0. The van der Waals surface area contributed by atoms with Crippen LogP contribution in [0, 0.1) is 0 Å². The van der Waals surface area contributed by atoms with Crippen LogP contribution in [-0.2, 0) is 9.53 Å². The summed E-state index contributed by atoms with van der Waals surface area (Å²) in [6, 6.07) is 0. The molecular formula is C7H12O7. The Morgan fingerprint density at radius 2 is 1.93 bits per heavy atom. The van der Waals surface area contributed by atoms with Crippen molar-refractivity contribution in [3.05, 3.63) is 0 Å². The molecule has 0 aliphatic carbocycles. The Morgan fingerprint density at radius 3 is 2.29 bits per heavy atom. The highest BCUT2D eigenvalue weighted by molar-refractivity contribution is 5.77. The summed E-state index contributed by atoms with van der Waals surface area (Å²) < 4.78 is 4.41. The largest absolute Gasteiger partial charge is 0.455 e. The van der Waals surface area contributed by atoms with E-state index in [0.717, 1.165) is 0 Å². The van der Waals surface area contributed by atoms with Crippen molar-refractivity contribution in [3.63, 3.8) is 0 Å². The molecule has 1 aliphatic heterocycles. The molecule has 0 saturated carbocycles. The third-order valence-electron chi connectivity index (χ3n) is 2.07. The maximum atomic E-state index is 10.7. The monoisotopic (exact) mass is 208 g/mol. The molecular weight excluding hydrogens is 196 g/mol. The van der Waals surface area contributed by atoms with Crippen molar-refractivity contribution in [1.29, 1.82) is 0 Å². The van der Waals surface area contributed by atoms with E-state index in [0.29, 0.717) is 0 Å². The smallest absolute Gasteiger partial charge is 0.338 e. The van der Waals surface area contributed by atoms with Crippen molar-refractivity contribution in [2.75, 3.05) is 6.61 Å². The third kappa shape index (κ3) is 1.86. The van der Waals surface area contributed by atoms with E-state index >= 15 is 0 Å². The molecule has 0 bridgehead atoms. The highest BCUT2D eigenvalue weighted by Crippen LogP contribution is 2.20. The molecule has 5 N–H and O–H groups in total. The lowest BCUT2D eigenvalue weighted by Gasteiger charge is -2.23. The van der Waals surface area contributed by atoms with E-state index in [1.165, 1.54) is 0 Å². The summed E-state index contributed by atoms with van der Waals surface area (Å²) in [6.07, 6.45) is -7.90. The standard InChI is InChI=1S/C7H12O7/c8-1-2(9)3(10)6-4(11)5(12)7(13)14-6/h2-6,8-12H,1H2/t2?,3?,4-,5+,6-/m0/s1. The predicted molar refractivity (Wildman–Crippen MR) is 41.0 cm³/mol. The second-order valence-electron chi connectivity index (χ2n) is 3.08. The second kappa shape index (κ2) is 4.20.